The quantitative estimate of drug-likeness (QED) is 0.403. The minimum absolute atomic E-state index is 0.00995. The average molecular weight is 540 g/mol. The molecule has 0 aliphatic rings. The minimum atomic E-state index is -4.19. The van der Waals surface area contributed by atoms with E-state index in [1.54, 1.807) is 25.1 Å². The fraction of sp³-hybridized carbons (Fsp3) is 0.310. The lowest BCUT2D eigenvalue weighted by Gasteiger charge is -2.34. The van der Waals surface area contributed by atoms with E-state index in [1.807, 2.05) is 51.1 Å². The van der Waals surface area contributed by atoms with Crippen LogP contribution in [-0.2, 0) is 26.2 Å². The highest BCUT2D eigenvalue weighted by molar-refractivity contribution is 7.92. The molecule has 0 saturated heterocycles. The molecule has 3 rings (SSSR count). The number of halogens is 1. The van der Waals surface area contributed by atoms with E-state index in [1.165, 1.54) is 29.2 Å². The Hall–Kier alpha value is -3.72. The van der Waals surface area contributed by atoms with Gasteiger partial charge in [-0.2, -0.15) is 0 Å². The van der Waals surface area contributed by atoms with Crippen molar-refractivity contribution in [1.29, 1.82) is 0 Å². The number of carbonyl (C=O) groups excluding carboxylic acids is 2. The number of benzene rings is 3. The van der Waals surface area contributed by atoms with E-state index < -0.39 is 39.9 Å². The fourth-order valence-corrected chi connectivity index (χ4v) is 5.44. The molecule has 1 unspecified atom stereocenters. The number of rotatable bonds is 10. The molecule has 0 aromatic heterocycles. The molecule has 0 aliphatic heterocycles. The first-order valence-electron chi connectivity index (χ1n) is 12.4. The van der Waals surface area contributed by atoms with Crippen LogP contribution in [0.2, 0.25) is 0 Å². The van der Waals surface area contributed by atoms with E-state index in [4.69, 9.17) is 0 Å². The van der Waals surface area contributed by atoms with Crippen LogP contribution in [0.1, 0.15) is 39.7 Å². The van der Waals surface area contributed by atoms with E-state index in [0.29, 0.717) is 6.42 Å². The van der Waals surface area contributed by atoms with Gasteiger partial charge in [-0.05, 0) is 69.2 Å². The SMILES string of the molecule is CCC(C(=O)NC(C)(C)C)N(Cc1ccccc1)C(=O)CN(c1ccc(F)cc1)S(=O)(=O)c1ccccc1. The van der Waals surface area contributed by atoms with Crippen molar-refractivity contribution < 1.29 is 22.4 Å². The van der Waals surface area contributed by atoms with Gasteiger partial charge in [-0.3, -0.25) is 13.9 Å². The van der Waals surface area contributed by atoms with E-state index in [-0.39, 0.29) is 23.0 Å². The van der Waals surface area contributed by atoms with Crippen LogP contribution in [0.25, 0.3) is 0 Å². The molecule has 0 radical (unpaired) electrons. The number of hydrogen-bond acceptors (Lipinski definition) is 4. The molecule has 9 heteroatoms. The van der Waals surface area contributed by atoms with Crippen LogP contribution < -0.4 is 9.62 Å². The lowest BCUT2D eigenvalue weighted by molar-refractivity contribution is -0.141. The second-order valence-electron chi connectivity index (χ2n) is 9.97. The molecule has 1 atom stereocenters. The highest BCUT2D eigenvalue weighted by Crippen LogP contribution is 2.25. The average Bonchev–Trinajstić information content (AvgIpc) is 2.87. The molecule has 1 N–H and O–H groups in total. The van der Waals surface area contributed by atoms with E-state index in [2.05, 4.69) is 5.32 Å². The van der Waals surface area contributed by atoms with Crippen LogP contribution in [0, 0.1) is 5.82 Å². The Morgan fingerprint density at radius 3 is 1.97 bits per heavy atom. The van der Waals surface area contributed by atoms with Crippen molar-refractivity contribution in [3.63, 3.8) is 0 Å². The summed E-state index contributed by atoms with van der Waals surface area (Å²) in [4.78, 5) is 28.6. The molecular formula is C29H34FN3O4S. The molecule has 0 aliphatic carbocycles. The maximum absolute atomic E-state index is 13.9. The van der Waals surface area contributed by atoms with Gasteiger partial charge in [-0.25, -0.2) is 12.8 Å². The number of hydrogen-bond donors (Lipinski definition) is 1. The number of nitrogens with zero attached hydrogens (tertiary/aromatic N) is 2. The van der Waals surface area contributed by atoms with Gasteiger partial charge in [0, 0.05) is 12.1 Å². The Morgan fingerprint density at radius 2 is 1.45 bits per heavy atom. The third-order valence-corrected chi connectivity index (χ3v) is 7.59. The highest BCUT2D eigenvalue weighted by Gasteiger charge is 2.34. The van der Waals surface area contributed by atoms with Gasteiger partial charge >= 0.3 is 0 Å². The van der Waals surface area contributed by atoms with Gasteiger partial charge in [-0.1, -0.05) is 55.5 Å². The van der Waals surface area contributed by atoms with Gasteiger partial charge < -0.3 is 10.2 Å². The summed E-state index contributed by atoms with van der Waals surface area (Å²) in [5.41, 5.74) is 0.403. The van der Waals surface area contributed by atoms with Gasteiger partial charge in [-0.15, -0.1) is 0 Å². The summed E-state index contributed by atoms with van der Waals surface area (Å²) in [6.07, 6.45) is 0.322. The van der Waals surface area contributed by atoms with E-state index in [9.17, 15) is 22.4 Å². The van der Waals surface area contributed by atoms with Crippen LogP contribution in [-0.4, -0.2) is 43.3 Å². The zero-order valence-electron chi connectivity index (χ0n) is 22.1. The Balaban J connectivity index is 2.04. The normalized spacial score (nSPS) is 12.4. The van der Waals surface area contributed by atoms with Crippen molar-refractivity contribution in [2.24, 2.45) is 0 Å². The molecule has 0 fully saturated rings. The van der Waals surface area contributed by atoms with Crippen molar-refractivity contribution in [3.8, 4) is 0 Å². The van der Waals surface area contributed by atoms with E-state index >= 15 is 0 Å². The lowest BCUT2D eigenvalue weighted by Crippen LogP contribution is -2.55. The summed E-state index contributed by atoms with van der Waals surface area (Å²) in [5.74, 6) is -1.43. The van der Waals surface area contributed by atoms with Crippen molar-refractivity contribution in [3.05, 3.63) is 96.3 Å². The predicted molar refractivity (Wildman–Crippen MR) is 146 cm³/mol. The van der Waals surface area contributed by atoms with Crippen LogP contribution in [0.4, 0.5) is 10.1 Å². The summed E-state index contributed by atoms with van der Waals surface area (Å²) >= 11 is 0. The summed E-state index contributed by atoms with van der Waals surface area (Å²) in [5, 5.41) is 2.93. The third-order valence-electron chi connectivity index (χ3n) is 5.80. The highest BCUT2D eigenvalue weighted by atomic mass is 32.2. The maximum Gasteiger partial charge on any atom is 0.264 e. The molecule has 0 heterocycles. The first kappa shape index (κ1) is 28.8. The molecular weight excluding hydrogens is 505 g/mol. The van der Waals surface area contributed by atoms with Crippen LogP contribution >= 0.6 is 0 Å². The molecule has 38 heavy (non-hydrogen) atoms. The number of sulfonamides is 1. The van der Waals surface area contributed by atoms with Gasteiger partial charge in [0.05, 0.1) is 10.6 Å². The van der Waals surface area contributed by atoms with Crippen molar-refractivity contribution in [1.82, 2.24) is 10.2 Å². The zero-order valence-corrected chi connectivity index (χ0v) is 22.9. The van der Waals surface area contributed by atoms with Crippen molar-refractivity contribution in [2.45, 2.75) is 57.1 Å². The summed E-state index contributed by atoms with van der Waals surface area (Å²) < 4.78 is 42.0. The molecule has 0 saturated carbocycles. The Bertz CT molecular complexity index is 1330. The first-order valence-corrected chi connectivity index (χ1v) is 13.8. The molecule has 3 aromatic rings. The third kappa shape index (κ3) is 7.41. The van der Waals surface area contributed by atoms with Crippen LogP contribution in [0.5, 0.6) is 0 Å². The summed E-state index contributed by atoms with van der Waals surface area (Å²) in [7, 11) is -4.19. The Morgan fingerprint density at radius 1 is 0.895 bits per heavy atom. The van der Waals surface area contributed by atoms with Gasteiger partial charge in [0.15, 0.2) is 0 Å². The fourth-order valence-electron chi connectivity index (χ4n) is 4.01. The summed E-state index contributed by atoms with van der Waals surface area (Å²) in [6, 6.07) is 21.0. The van der Waals surface area contributed by atoms with Gasteiger partial charge in [0.1, 0.15) is 18.4 Å². The predicted octanol–water partition coefficient (Wildman–Crippen LogP) is 4.74. The van der Waals surface area contributed by atoms with E-state index in [0.717, 1.165) is 22.0 Å². The molecule has 7 nitrogen and oxygen atoms in total. The second-order valence-corrected chi connectivity index (χ2v) is 11.8. The number of amides is 2. The lowest BCUT2D eigenvalue weighted by atomic mass is 10.1. The largest absolute Gasteiger partial charge is 0.350 e. The van der Waals surface area contributed by atoms with Crippen molar-refractivity contribution in [2.75, 3.05) is 10.8 Å². The minimum Gasteiger partial charge on any atom is -0.350 e. The standard InChI is InChI=1S/C29H34FN3O4S/c1-5-26(28(35)31-29(2,3)4)32(20-22-12-8-6-9-13-22)27(34)21-33(24-18-16-23(30)17-19-24)38(36,37)25-14-10-7-11-15-25/h6-19,26H,5,20-21H2,1-4H3,(H,31,35). The molecule has 3 aromatic carbocycles. The van der Waals surface area contributed by atoms with Crippen LogP contribution in [0.15, 0.2) is 89.8 Å². The number of carbonyl (C=O) groups is 2. The number of anilines is 1. The monoisotopic (exact) mass is 539 g/mol. The molecule has 0 spiro atoms. The Kier molecular flexibility index (Phi) is 9.27. The first-order chi connectivity index (χ1) is 17.9. The molecule has 202 valence electrons. The smallest absolute Gasteiger partial charge is 0.264 e. The maximum atomic E-state index is 13.9. The Labute approximate surface area is 224 Å². The van der Waals surface area contributed by atoms with Gasteiger partial charge in [0.25, 0.3) is 10.0 Å². The second kappa shape index (κ2) is 12.2. The van der Waals surface area contributed by atoms with Gasteiger partial charge in [0.2, 0.25) is 11.8 Å². The van der Waals surface area contributed by atoms with Crippen LogP contribution in [0.3, 0.4) is 0 Å². The number of nitrogens with one attached hydrogen (secondary N) is 1. The summed E-state index contributed by atoms with van der Waals surface area (Å²) in [6.45, 7) is 6.89. The molecule has 0 bridgehead atoms. The zero-order chi connectivity index (χ0) is 27.9. The van der Waals surface area contributed by atoms with Crippen molar-refractivity contribution >= 4 is 27.5 Å². The topological polar surface area (TPSA) is 86.8 Å². The molecule has 2 amide bonds.